The van der Waals surface area contributed by atoms with Gasteiger partial charge in [-0.05, 0) is 12.1 Å². The van der Waals surface area contributed by atoms with E-state index in [1.165, 1.54) is 6.92 Å². The van der Waals surface area contributed by atoms with Crippen LogP contribution in [-0.4, -0.2) is 24.1 Å². The Labute approximate surface area is 88.5 Å². The highest BCUT2D eigenvalue weighted by molar-refractivity contribution is 5.72. The van der Waals surface area contributed by atoms with Gasteiger partial charge in [-0.1, -0.05) is 0 Å². The minimum Gasteiger partial charge on any atom is -0.462 e. The Balaban J connectivity index is 2.12. The molecule has 0 atom stereocenters. The van der Waals surface area contributed by atoms with E-state index >= 15 is 0 Å². The third-order valence-corrected chi connectivity index (χ3v) is 1.85. The lowest BCUT2D eigenvalue weighted by Crippen LogP contribution is -2.29. The molecular formula is C10H16N2O3. The van der Waals surface area contributed by atoms with Crippen LogP contribution in [0.15, 0.2) is 16.5 Å². The van der Waals surface area contributed by atoms with Crippen LogP contribution in [0, 0.1) is 0 Å². The van der Waals surface area contributed by atoms with Gasteiger partial charge in [-0.25, -0.2) is 0 Å². The lowest BCUT2D eigenvalue weighted by molar-refractivity contribution is -0.118. The molecule has 0 unspecified atom stereocenters. The van der Waals surface area contributed by atoms with Gasteiger partial charge in [0.25, 0.3) is 0 Å². The van der Waals surface area contributed by atoms with Crippen molar-refractivity contribution in [1.82, 2.24) is 10.6 Å². The highest BCUT2D eigenvalue weighted by Gasteiger charge is 1.99. The molecule has 1 aromatic rings. The molecule has 0 aromatic carbocycles. The van der Waals surface area contributed by atoms with Gasteiger partial charge in [0.2, 0.25) is 5.91 Å². The molecule has 1 rings (SSSR count). The number of amides is 1. The normalized spacial score (nSPS) is 10.3. The second kappa shape index (κ2) is 6.21. The Morgan fingerprint density at radius 2 is 2.13 bits per heavy atom. The summed E-state index contributed by atoms with van der Waals surface area (Å²) in [5.41, 5.74) is 0. The lowest BCUT2D eigenvalue weighted by Gasteiger charge is -2.03. The Bertz CT molecular complexity index is 309. The first kappa shape index (κ1) is 11.7. The number of hydrogen-bond donors (Lipinski definition) is 3. The zero-order chi connectivity index (χ0) is 11.1. The number of hydrogen-bond acceptors (Lipinski definition) is 4. The molecule has 0 aliphatic carbocycles. The number of nitrogens with one attached hydrogen (secondary N) is 2. The Morgan fingerprint density at radius 3 is 2.73 bits per heavy atom. The van der Waals surface area contributed by atoms with Crippen LogP contribution < -0.4 is 10.6 Å². The van der Waals surface area contributed by atoms with E-state index in [2.05, 4.69) is 10.6 Å². The lowest BCUT2D eigenvalue weighted by atomic mass is 10.4. The fourth-order valence-corrected chi connectivity index (χ4v) is 1.14. The molecule has 0 fully saturated rings. The third kappa shape index (κ3) is 4.62. The highest BCUT2D eigenvalue weighted by atomic mass is 16.4. The molecule has 1 aromatic heterocycles. The van der Waals surface area contributed by atoms with Crippen molar-refractivity contribution in [2.75, 3.05) is 13.1 Å². The molecule has 0 saturated heterocycles. The first-order chi connectivity index (χ1) is 7.22. The van der Waals surface area contributed by atoms with Gasteiger partial charge < -0.3 is 20.2 Å². The number of aliphatic hydroxyl groups is 1. The highest BCUT2D eigenvalue weighted by Crippen LogP contribution is 2.06. The van der Waals surface area contributed by atoms with Gasteiger partial charge >= 0.3 is 0 Å². The summed E-state index contributed by atoms with van der Waals surface area (Å²) in [6.07, 6.45) is 0. The number of carbonyl (C=O) groups is 1. The predicted molar refractivity (Wildman–Crippen MR) is 55.0 cm³/mol. The van der Waals surface area contributed by atoms with E-state index in [-0.39, 0.29) is 12.5 Å². The molecule has 0 radical (unpaired) electrons. The first-order valence-corrected chi connectivity index (χ1v) is 4.86. The second-order valence-electron chi connectivity index (χ2n) is 3.19. The molecule has 5 heteroatoms. The number of furan rings is 1. The van der Waals surface area contributed by atoms with Crippen LogP contribution in [0.2, 0.25) is 0 Å². The quantitative estimate of drug-likeness (QED) is 0.580. The van der Waals surface area contributed by atoms with Crippen molar-refractivity contribution >= 4 is 5.91 Å². The second-order valence-corrected chi connectivity index (χ2v) is 3.19. The van der Waals surface area contributed by atoms with Gasteiger partial charge in [0.15, 0.2) is 0 Å². The van der Waals surface area contributed by atoms with E-state index < -0.39 is 0 Å². The smallest absolute Gasteiger partial charge is 0.216 e. The molecule has 0 saturated carbocycles. The van der Waals surface area contributed by atoms with Crippen LogP contribution in [0.5, 0.6) is 0 Å². The maximum atomic E-state index is 10.5. The van der Waals surface area contributed by atoms with E-state index in [1.54, 1.807) is 6.07 Å². The van der Waals surface area contributed by atoms with Crippen LogP contribution >= 0.6 is 0 Å². The summed E-state index contributed by atoms with van der Waals surface area (Å²) in [4.78, 5) is 10.5. The van der Waals surface area contributed by atoms with Crippen molar-refractivity contribution in [1.29, 1.82) is 0 Å². The summed E-state index contributed by atoms with van der Waals surface area (Å²) in [6, 6.07) is 3.56. The molecule has 0 spiro atoms. The molecule has 1 heterocycles. The molecule has 1 amide bonds. The number of aliphatic hydroxyl groups excluding tert-OH is 1. The topological polar surface area (TPSA) is 74.5 Å². The van der Waals surface area contributed by atoms with Crippen molar-refractivity contribution in [3.8, 4) is 0 Å². The van der Waals surface area contributed by atoms with E-state index in [0.29, 0.717) is 25.4 Å². The summed E-state index contributed by atoms with van der Waals surface area (Å²) in [5, 5.41) is 14.5. The largest absolute Gasteiger partial charge is 0.462 e. The zero-order valence-electron chi connectivity index (χ0n) is 8.75. The van der Waals surface area contributed by atoms with E-state index in [1.807, 2.05) is 6.07 Å². The summed E-state index contributed by atoms with van der Waals surface area (Å²) >= 11 is 0. The molecule has 3 N–H and O–H groups in total. The average Bonchev–Trinajstić information content (AvgIpc) is 2.65. The van der Waals surface area contributed by atoms with Crippen molar-refractivity contribution in [2.24, 2.45) is 0 Å². The predicted octanol–water partition coefficient (Wildman–Crippen LogP) is -0.00240. The van der Waals surface area contributed by atoms with Crippen molar-refractivity contribution < 1.29 is 14.3 Å². The minimum atomic E-state index is -0.0775. The Kier molecular flexibility index (Phi) is 4.86. The molecule has 0 aliphatic heterocycles. The zero-order valence-corrected chi connectivity index (χ0v) is 8.75. The molecular weight excluding hydrogens is 196 g/mol. The minimum absolute atomic E-state index is 0.0302. The molecule has 0 bridgehead atoms. The summed E-state index contributed by atoms with van der Waals surface area (Å²) in [5.74, 6) is 1.31. The Hall–Kier alpha value is -1.33. The summed E-state index contributed by atoms with van der Waals surface area (Å²) < 4.78 is 5.26. The molecule has 5 nitrogen and oxygen atoms in total. The SMILES string of the molecule is CC(=O)NCCNCc1ccc(CO)o1. The van der Waals surface area contributed by atoms with Crippen LogP contribution in [0.3, 0.4) is 0 Å². The van der Waals surface area contributed by atoms with Crippen LogP contribution in [0.25, 0.3) is 0 Å². The first-order valence-electron chi connectivity index (χ1n) is 4.86. The van der Waals surface area contributed by atoms with Crippen LogP contribution in [-0.2, 0) is 17.9 Å². The van der Waals surface area contributed by atoms with Gasteiger partial charge in [-0.2, -0.15) is 0 Å². The fourth-order valence-electron chi connectivity index (χ4n) is 1.14. The van der Waals surface area contributed by atoms with Gasteiger partial charge in [0, 0.05) is 20.0 Å². The van der Waals surface area contributed by atoms with Gasteiger partial charge in [-0.3, -0.25) is 4.79 Å². The van der Waals surface area contributed by atoms with Crippen LogP contribution in [0.1, 0.15) is 18.4 Å². The monoisotopic (exact) mass is 212 g/mol. The maximum Gasteiger partial charge on any atom is 0.216 e. The summed E-state index contributed by atoms with van der Waals surface area (Å²) in [7, 11) is 0. The van der Waals surface area contributed by atoms with Crippen molar-refractivity contribution in [2.45, 2.75) is 20.1 Å². The maximum absolute atomic E-state index is 10.5. The third-order valence-electron chi connectivity index (χ3n) is 1.85. The van der Waals surface area contributed by atoms with Gasteiger partial charge in [0.1, 0.15) is 18.1 Å². The van der Waals surface area contributed by atoms with Gasteiger partial charge in [0.05, 0.1) is 6.54 Å². The number of rotatable bonds is 6. The van der Waals surface area contributed by atoms with E-state index in [0.717, 1.165) is 5.76 Å². The fraction of sp³-hybridized carbons (Fsp3) is 0.500. The van der Waals surface area contributed by atoms with E-state index in [4.69, 9.17) is 9.52 Å². The van der Waals surface area contributed by atoms with Gasteiger partial charge in [-0.15, -0.1) is 0 Å². The average molecular weight is 212 g/mol. The number of carbonyl (C=O) groups excluding carboxylic acids is 1. The molecule has 15 heavy (non-hydrogen) atoms. The van der Waals surface area contributed by atoms with E-state index in [9.17, 15) is 4.79 Å². The van der Waals surface area contributed by atoms with Crippen molar-refractivity contribution in [3.05, 3.63) is 23.7 Å². The van der Waals surface area contributed by atoms with Crippen LogP contribution in [0.4, 0.5) is 0 Å². The summed E-state index contributed by atoms with van der Waals surface area (Å²) in [6.45, 7) is 3.29. The molecule has 0 aliphatic rings. The Morgan fingerprint density at radius 1 is 1.40 bits per heavy atom. The molecule has 84 valence electrons. The standard InChI is InChI=1S/C10H16N2O3/c1-8(14)12-5-4-11-6-9-2-3-10(7-13)15-9/h2-3,11,13H,4-7H2,1H3,(H,12,14). The van der Waals surface area contributed by atoms with Crippen molar-refractivity contribution in [3.63, 3.8) is 0 Å².